The number of hydrogen-bond acceptors (Lipinski definition) is 5. The predicted molar refractivity (Wildman–Crippen MR) is 128 cm³/mol. The van der Waals surface area contributed by atoms with Crippen molar-refractivity contribution in [3.05, 3.63) is 65.7 Å². The second-order valence-electron chi connectivity index (χ2n) is 8.77. The molecule has 3 rings (SSSR count). The summed E-state index contributed by atoms with van der Waals surface area (Å²) in [5.41, 5.74) is 1.13. The Hall–Kier alpha value is -3.20. The van der Waals surface area contributed by atoms with Crippen LogP contribution >= 0.6 is 0 Å². The molecule has 1 N–H and O–H groups in total. The molecule has 1 aliphatic heterocycles. The van der Waals surface area contributed by atoms with Gasteiger partial charge in [0, 0.05) is 26.1 Å². The van der Waals surface area contributed by atoms with E-state index in [0.717, 1.165) is 9.87 Å². The van der Waals surface area contributed by atoms with Gasteiger partial charge < -0.3 is 10.2 Å². The number of carbonyl (C=O) groups is 3. The Morgan fingerprint density at radius 3 is 2.29 bits per heavy atom. The minimum absolute atomic E-state index is 0.0465. The molecule has 0 bridgehead atoms. The Balaban J connectivity index is 1.72. The molecule has 1 unspecified atom stereocenters. The van der Waals surface area contributed by atoms with Gasteiger partial charge in [-0.25, -0.2) is 12.7 Å². The second-order valence-corrected chi connectivity index (χ2v) is 10.6. The van der Waals surface area contributed by atoms with Crippen molar-refractivity contribution >= 4 is 27.7 Å². The summed E-state index contributed by atoms with van der Waals surface area (Å²) in [5, 5.41) is 2.85. The zero-order valence-corrected chi connectivity index (χ0v) is 20.5. The molecule has 2 aromatic rings. The van der Waals surface area contributed by atoms with E-state index in [1.54, 1.807) is 19.1 Å². The van der Waals surface area contributed by atoms with E-state index in [2.05, 4.69) is 5.32 Å². The molecule has 2 aromatic carbocycles. The number of amides is 3. The van der Waals surface area contributed by atoms with Crippen LogP contribution in [0.25, 0.3) is 0 Å². The third-order valence-corrected chi connectivity index (χ3v) is 7.62. The van der Waals surface area contributed by atoms with Crippen LogP contribution in [0.2, 0.25) is 0 Å². The first-order valence-corrected chi connectivity index (χ1v) is 12.8. The molecule has 3 amide bonds. The molecule has 1 atom stereocenters. The maximum atomic E-state index is 13.2. The van der Waals surface area contributed by atoms with E-state index in [0.29, 0.717) is 19.5 Å². The molecule has 1 heterocycles. The van der Waals surface area contributed by atoms with Gasteiger partial charge in [-0.2, -0.15) is 0 Å². The number of rotatable bonds is 10. The molecule has 9 heteroatoms. The van der Waals surface area contributed by atoms with Gasteiger partial charge in [-0.05, 0) is 37.0 Å². The van der Waals surface area contributed by atoms with Crippen LogP contribution in [0.1, 0.15) is 43.1 Å². The van der Waals surface area contributed by atoms with Crippen LogP contribution in [-0.2, 0) is 26.0 Å². The summed E-state index contributed by atoms with van der Waals surface area (Å²) in [6.07, 6.45) is 0.330. The highest BCUT2D eigenvalue weighted by Crippen LogP contribution is 2.30. The molecule has 0 aromatic heterocycles. The molecular weight excluding hydrogens is 454 g/mol. The van der Waals surface area contributed by atoms with Gasteiger partial charge in [0.25, 0.3) is 15.9 Å². The van der Waals surface area contributed by atoms with E-state index in [-0.39, 0.29) is 41.2 Å². The van der Waals surface area contributed by atoms with Gasteiger partial charge >= 0.3 is 0 Å². The molecule has 8 nitrogen and oxygen atoms in total. The van der Waals surface area contributed by atoms with Gasteiger partial charge in [0.2, 0.25) is 11.8 Å². The van der Waals surface area contributed by atoms with Gasteiger partial charge in [-0.3, -0.25) is 14.4 Å². The lowest BCUT2D eigenvalue weighted by atomic mass is 10.1. The Kier molecular flexibility index (Phi) is 8.09. The van der Waals surface area contributed by atoms with Crippen molar-refractivity contribution in [2.75, 3.05) is 19.6 Å². The number of fused-ring (bicyclic) bond motifs is 1. The van der Waals surface area contributed by atoms with Crippen LogP contribution in [0.4, 0.5) is 0 Å². The number of hydrogen-bond donors (Lipinski definition) is 1. The molecule has 0 saturated heterocycles. The minimum atomic E-state index is -3.99. The quantitative estimate of drug-likeness (QED) is 0.557. The molecule has 0 saturated carbocycles. The van der Waals surface area contributed by atoms with Gasteiger partial charge in [0.1, 0.15) is 10.9 Å². The average molecular weight is 486 g/mol. The largest absolute Gasteiger partial charge is 0.354 e. The number of nitrogens with zero attached hydrogens (tertiary/aromatic N) is 2. The minimum Gasteiger partial charge on any atom is -0.354 e. The van der Waals surface area contributed by atoms with E-state index >= 15 is 0 Å². The summed E-state index contributed by atoms with van der Waals surface area (Å²) in [6, 6.07) is 14.9. The monoisotopic (exact) mass is 485 g/mol. The van der Waals surface area contributed by atoms with Crippen LogP contribution in [-0.4, -0.2) is 61.0 Å². The van der Waals surface area contributed by atoms with Gasteiger partial charge in [-0.1, -0.05) is 56.3 Å². The number of sulfonamides is 1. The van der Waals surface area contributed by atoms with Crippen molar-refractivity contribution in [2.45, 2.75) is 44.6 Å². The Bertz CT molecular complexity index is 1150. The first kappa shape index (κ1) is 25.4. The molecule has 34 heavy (non-hydrogen) atoms. The first-order chi connectivity index (χ1) is 16.1. The van der Waals surface area contributed by atoms with Crippen LogP contribution in [0.15, 0.2) is 59.5 Å². The van der Waals surface area contributed by atoms with Crippen LogP contribution < -0.4 is 5.32 Å². The van der Waals surface area contributed by atoms with Crippen molar-refractivity contribution in [1.29, 1.82) is 0 Å². The summed E-state index contributed by atoms with van der Waals surface area (Å²) in [5.74, 6) is -1.03. The fourth-order valence-corrected chi connectivity index (χ4v) is 5.39. The fraction of sp³-hybridized carbons (Fsp3) is 0.400. The van der Waals surface area contributed by atoms with Crippen LogP contribution in [0, 0.1) is 5.92 Å². The SMILES string of the molecule is CC(C)CNC(=O)C(C)N(CCc1ccccc1)C(=O)CCN1C(=O)c2ccccc2S1(=O)=O. The van der Waals surface area contributed by atoms with E-state index in [9.17, 15) is 22.8 Å². The highest BCUT2D eigenvalue weighted by Gasteiger charge is 2.41. The first-order valence-electron chi connectivity index (χ1n) is 11.4. The molecule has 0 aliphatic carbocycles. The zero-order valence-electron chi connectivity index (χ0n) is 19.7. The molecule has 1 aliphatic rings. The summed E-state index contributed by atoms with van der Waals surface area (Å²) in [6.45, 7) is 6.12. The lowest BCUT2D eigenvalue weighted by Gasteiger charge is -2.29. The Morgan fingerprint density at radius 1 is 1.00 bits per heavy atom. The molecular formula is C25H31N3O5S. The standard InChI is InChI=1S/C25H31N3O5S/c1-18(2)17-26-24(30)19(3)27(15-13-20-9-5-4-6-10-20)23(29)14-16-28-25(31)21-11-7-8-12-22(21)34(28,32)33/h4-12,18-19H,13-17H2,1-3H3,(H,26,30). The third-order valence-electron chi connectivity index (χ3n) is 5.78. The predicted octanol–water partition coefficient (Wildman–Crippen LogP) is 2.45. The zero-order chi connectivity index (χ0) is 24.9. The van der Waals surface area contributed by atoms with Crippen molar-refractivity contribution in [1.82, 2.24) is 14.5 Å². The molecule has 0 spiro atoms. The maximum Gasteiger partial charge on any atom is 0.269 e. The number of benzene rings is 2. The van der Waals surface area contributed by atoms with Gasteiger partial charge in [-0.15, -0.1) is 0 Å². The van der Waals surface area contributed by atoms with Gasteiger partial charge in [0.05, 0.1) is 5.56 Å². The number of nitrogens with one attached hydrogen (secondary N) is 1. The Labute approximate surface area is 201 Å². The summed E-state index contributed by atoms with van der Waals surface area (Å²) >= 11 is 0. The van der Waals surface area contributed by atoms with Crippen molar-refractivity contribution < 1.29 is 22.8 Å². The average Bonchev–Trinajstić information content (AvgIpc) is 3.01. The van der Waals surface area contributed by atoms with Crippen molar-refractivity contribution in [3.63, 3.8) is 0 Å². The van der Waals surface area contributed by atoms with Crippen molar-refractivity contribution in [2.24, 2.45) is 5.92 Å². The fourth-order valence-electron chi connectivity index (χ4n) is 3.82. The van der Waals surface area contributed by atoms with E-state index < -0.39 is 22.0 Å². The normalized spacial score (nSPS) is 15.2. The highest BCUT2D eigenvalue weighted by atomic mass is 32.2. The van der Waals surface area contributed by atoms with Crippen molar-refractivity contribution in [3.8, 4) is 0 Å². The van der Waals surface area contributed by atoms with Gasteiger partial charge in [0.15, 0.2) is 0 Å². The van der Waals surface area contributed by atoms with E-state index in [1.807, 2.05) is 44.2 Å². The molecule has 182 valence electrons. The maximum absolute atomic E-state index is 13.2. The lowest BCUT2D eigenvalue weighted by molar-refractivity contribution is -0.140. The summed E-state index contributed by atoms with van der Waals surface area (Å²) < 4.78 is 26.3. The molecule has 0 radical (unpaired) electrons. The topological polar surface area (TPSA) is 104 Å². The third kappa shape index (κ3) is 5.64. The molecule has 0 fully saturated rings. The van der Waals surface area contributed by atoms with Crippen LogP contribution in [0.3, 0.4) is 0 Å². The second kappa shape index (κ2) is 10.8. The summed E-state index contributed by atoms with van der Waals surface area (Å²) in [4.78, 5) is 40.0. The lowest BCUT2D eigenvalue weighted by Crippen LogP contribution is -2.50. The van der Waals surface area contributed by atoms with Crippen LogP contribution in [0.5, 0.6) is 0 Å². The van der Waals surface area contributed by atoms with E-state index in [1.165, 1.54) is 17.0 Å². The smallest absolute Gasteiger partial charge is 0.269 e. The highest BCUT2D eigenvalue weighted by molar-refractivity contribution is 7.90. The summed E-state index contributed by atoms with van der Waals surface area (Å²) in [7, 11) is -3.99. The Morgan fingerprint density at radius 2 is 1.65 bits per heavy atom. The number of carbonyl (C=O) groups excluding carboxylic acids is 3. The van der Waals surface area contributed by atoms with E-state index in [4.69, 9.17) is 0 Å².